The predicted octanol–water partition coefficient (Wildman–Crippen LogP) is 2.82. The zero-order valence-corrected chi connectivity index (χ0v) is 11.4. The Kier molecular flexibility index (Phi) is 3.03. The maximum absolute atomic E-state index is 11.6. The van der Waals surface area contributed by atoms with Crippen LogP contribution >= 0.6 is 11.6 Å². The maximum atomic E-state index is 11.6. The average Bonchev–Trinajstić information content (AvgIpc) is 2.41. The summed E-state index contributed by atoms with van der Waals surface area (Å²) in [5.41, 5.74) is 3.32. The second-order valence-electron chi connectivity index (χ2n) is 4.76. The minimum Gasteiger partial charge on any atom is -0.325 e. The van der Waals surface area contributed by atoms with Crippen LogP contribution in [0.5, 0.6) is 0 Å². The van der Waals surface area contributed by atoms with Crippen molar-refractivity contribution in [2.45, 2.75) is 19.8 Å². The summed E-state index contributed by atoms with van der Waals surface area (Å²) >= 11 is 6.08. The molecular formula is C14H14ClN3O. The lowest BCUT2D eigenvalue weighted by Crippen LogP contribution is -2.27. The standard InChI is InChI=1S/C14H14ClN3O/c1-9-4-5-11-10(7-9)3-2-6-18(11)13-12(15)14(19)17-8-16-13/h4-5,7-8H,2-3,6H2,1H3,(H,16,17,19). The van der Waals surface area contributed by atoms with Gasteiger partial charge in [-0.3, -0.25) is 4.79 Å². The monoisotopic (exact) mass is 275 g/mol. The van der Waals surface area contributed by atoms with Crippen molar-refractivity contribution < 1.29 is 0 Å². The Morgan fingerprint density at radius 1 is 1.42 bits per heavy atom. The molecule has 1 aliphatic heterocycles. The third kappa shape index (κ3) is 2.12. The minimum atomic E-state index is -0.300. The van der Waals surface area contributed by atoms with E-state index < -0.39 is 0 Å². The van der Waals surface area contributed by atoms with Crippen molar-refractivity contribution in [2.24, 2.45) is 0 Å². The van der Waals surface area contributed by atoms with E-state index in [4.69, 9.17) is 11.6 Å². The van der Waals surface area contributed by atoms with Crippen LogP contribution in [0, 0.1) is 6.92 Å². The van der Waals surface area contributed by atoms with Gasteiger partial charge >= 0.3 is 0 Å². The summed E-state index contributed by atoms with van der Waals surface area (Å²) in [5, 5.41) is 0.149. The fourth-order valence-corrected chi connectivity index (χ4v) is 2.71. The first-order chi connectivity index (χ1) is 9.16. The van der Waals surface area contributed by atoms with Crippen LogP contribution in [0.25, 0.3) is 0 Å². The normalized spacial score (nSPS) is 14.3. The van der Waals surface area contributed by atoms with E-state index >= 15 is 0 Å². The first kappa shape index (κ1) is 12.2. The molecule has 0 radical (unpaired) electrons. The second-order valence-corrected chi connectivity index (χ2v) is 5.13. The molecule has 19 heavy (non-hydrogen) atoms. The van der Waals surface area contributed by atoms with Crippen LogP contribution < -0.4 is 10.5 Å². The van der Waals surface area contributed by atoms with Gasteiger partial charge < -0.3 is 9.88 Å². The molecular weight excluding hydrogens is 262 g/mol. The van der Waals surface area contributed by atoms with E-state index in [0.717, 1.165) is 25.1 Å². The van der Waals surface area contributed by atoms with Crippen molar-refractivity contribution in [2.75, 3.05) is 11.4 Å². The molecule has 0 spiro atoms. The minimum absolute atomic E-state index is 0.149. The van der Waals surface area contributed by atoms with E-state index in [9.17, 15) is 4.79 Å². The number of anilines is 2. The van der Waals surface area contributed by atoms with Crippen LogP contribution in [0.1, 0.15) is 17.5 Å². The summed E-state index contributed by atoms with van der Waals surface area (Å²) in [6.07, 6.45) is 3.47. The molecule has 1 aliphatic rings. The summed E-state index contributed by atoms with van der Waals surface area (Å²) < 4.78 is 0. The van der Waals surface area contributed by atoms with Crippen molar-refractivity contribution in [3.63, 3.8) is 0 Å². The summed E-state index contributed by atoms with van der Waals surface area (Å²) in [7, 11) is 0. The van der Waals surface area contributed by atoms with Gasteiger partial charge in [0.15, 0.2) is 5.82 Å². The Balaban J connectivity index is 2.14. The van der Waals surface area contributed by atoms with E-state index in [1.807, 2.05) is 4.90 Å². The molecule has 0 aliphatic carbocycles. The summed E-state index contributed by atoms with van der Waals surface area (Å²) in [6.45, 7) is 2.91. The average molecular weight is 276 g/mol. The van der Waals surface area contributed by atoms with Gasteiger partial charge in [-0.25, -0.2) is 4.98 Å². The highest BCUT2D eigenvalue weighted by Crippen LogP contribution is 2.34. The number of halogens is 1. The van der Waals surface area contributed by atoms with Crippen molar-refractivity contribution in [3.05, 3.63) is 51.0 Å². The highest BCUT2D eigenvalue weighted by molar-refractivity contribution is 6.32. The van der Waals surface area contributed by atoms with E-state index in [0.29, 0.717) is 5.82 Å². The van der Waals surface area contributed by atoms with Crippen LogP contribution in [-0.2, 0) is 6.42 Å². The molecule has 0 bridgehead atoms. The Morgan fingerprint density at radius 2 is 2.26 bits per heavy atom. The molecule has 1 aromatic heterocycles. The van der Waals surface area contributed by atoms with E-state index in [2.05, 4.69) is 35.1 Å². The van der Waals surface area contributed by atoms with Crippen LogP contribution in [0.3, 0.4) is 0 Å². The zero-order chi connectivity index (χ0) is 13.4. The second kappa shape index (κ2) is 4.70. The van der Waals surface area contributed by atoms with Crippen LogP contribution in [0.4, 0.5) is 11.5 Å². The molecule has 5 heteroatoms. The number of aromatic amines is 1. The lowest BCUT2D eigenvalue weighted by molar-refractivity contribution is 0.757. The first-order valence-electron chi connectivity index (χ1n) is 6.27. The fraction of sp³-hybridized carbons (Fsp3) is 0.286. The number of rotatable bonds is 1. The molecule has 98 valence electrons. The largest absolute Gasteiger partial charge is 0.325 e. The third-order valence-electron chi connectivity index (χ3n) is 3.39. The molecule has 0 unspecified atom stereocenters. The van der Waals surface area contributed by atoms with Gasteiger partial charge in [-0.1, -0.05) is 29.3 Å². The molecule has 0 saturated heterocycles. The van der Waals surface area contributed by atoms with Crippen LogP contribution in [0.2, 0.25) is 5.02 Å². The highest BCUT2D eigenvalue weighted by Gasteiger charge is 2.22. The van der Waals surface area contributed by atoms with Gasteiger partial charge in [0.05, 0.1) is 6.33 Å². The van der Waals surface area contributed by atoms with Crippen LogP contribution in [0.15, 0.2) is 29.3 Å². The number of nitrogens with one attached hydrogen (secondary N) is 1. The predicted molar refractivity (Wildman–Crippen MR) is 76.4 cm³/mol. The Labute approximate surface area is 116 Å². The topological polar surface area (TPSA) is 49.0 Å². The zero-order valence-electron chi connectivity index (χ0n) is 10.6. The van der Waals surface area contributed by atoms with Gasteiger partial charge in [-0.05, 0) is 31.4 Å². The number of hydrogen-bond donors (Lipinski definition) is 1. The van der Waals surface area contributed by atoms with Gasteiger partial charge in [0.2, 0.25) is 0 Å². The number of hydrogen-bond acceptors (Lipinski definition) is 3. The molecule has 0 saturated carbocycles. The van der Waals surface area contributed by atoms with Crippen molar-refractivity contribution in [3.8, 4) is 0 Å². The molecule has 4 nitrogen and oxygen atoms in total. The first-order valence-corrected chi connectivity index (χ1v) is 6.65. The lowest BCUT2D eigenvalue weighted by Gasteiger charge is -2.30. The fourth-order valence-electron chi connectivity index (χ4n) is 2.51. The lowest BCUT2D eigenvalue weighted by atomic mass is 9.99. The van der Waals surface area contributed by atoms with Crippen molar-refractivity contribution in [1.82, 2.24) is 9.97 Å². The molecule has 1 aromatic carbocycles. The van der Waals surface area contributed by atoms with E-state index in [1.54, 1.807) is 0 Å². The Bertz CT molecular complexity index is 681. The summed E-state index contributed by atoms with van der Waals surface area (Å²) in [5.74, 6) is 0.537. The van der Waals surface area contributed by atoms with Gasteiger partial charge in [0.25, 0.3) is 5.56 Å². The van der Waals surface area contributed by atoms with E-state index in [-0.39, 0.29) is 10.6 Å². The smallest absolute Gasteiger partial charge is 0.271 e. The maximum Gasteiger partial charge on any atom is 0.271 e. The van der Waals surface area contributed by atoms with Crippen LogP contribution in [-0.4, -0.2) is 16.5 Å². The summed E-state index contributed by atoms with van der Waals surface area (Å²) in [4.78, 5) is 20.3. The number of benzene rings is 1. The number of fused-ring (bicyclic) bond motifs is 1. The molecule has 0 atom stereocenters. The molecule has 3 rings (SSSR count). The van der Waals surface area contributed by atoms with Gasteiger partial charge in [-0.15, -0.1) is 0 Å². The van der Waals surface area contributed by atoms with Gasteiger partial charge in [0, 0.05) is 12.2 Å². The number of H-pyrrole nitrogens is 1. The Hall–Kier alpha value is -1.81. The van der Waals surface area contributed by atoms with Crippen molar-refractivity contribution in [1.29, 1.82) is 0 Å². The third-order valence-corrected chi connectivity index (χ3v) is 3.73. The van der Waals surface area contributed by atoms with E-state index in [1.165, 1.54) is 17.5 Å². The molecule has 2 heterocycles. The van der Waals surface area contributed by atoms with Gasteiger partial charge in [-0.2, -0.15) is 0 Å². The molecule has 0 fully saturated rings. The number of aromatic nitrogens is 2. The quantitative estimate of drug-likeness (QED) is 0.871. The number of aryl methyl sites for hydroxylation is 2. The highest BCUT2D eigenvalue weighted by atomic mass is 35.5. The summed E-state index contributed by atoms with van der Waals surface area (Å²) in [6, 6.07) is 6.32. The van der Waals surface area contributed by atoms with Crippen molar-refractivity contribution >= 4 is 23.1 Å². The number of nitrogens with zero attached hydrogens (tertiary/aromatic N) is 2. The molecule has 0 amide bonds. The molecule has 1 N–H and O–H groups in total. The Morgan fingerprint density at radius 3 is 3.11 bits per heavy atom. The van der Waals surface area contributed by atoms with Gasteiger partial charge in [0.1, 0.15) is 5.02 Å². The SMILES string of the molecule is Cc1ccc2c(c1)CCCN2c1nc[nH]c(=O)c1Cl. The molecule has 2 aromatic rings.